The summed E-state index contributed by atoms with van der Waals surface area (Å²) in [5, 5.41) is 11.0. The molecule has 0 spiro atoms. The molecule has 0 atom stereocenters. The van der Waals surface area contributed by atoms with Crippen LogP contribution in [0.5, 0.6) is 0 Å². The third kappa shape index (κ3) is 6.30. The SMILES string of the molecule is CCCCCCN=C(NC#N)N(C)C. The first kappa shape index (κ1) is 12.8. The Bertz CT molecular complexity index is 203. The molecule has 80 valence electrons. The van der Waals surface area contributed by atoms with Crippen LogP contribution in [-0.2, 0) is 0 Å². The van der Waals surface area contributed by atoms with E-state index in [1.54, 1.807) is 0 Å². The minimum atomic E-state index is 0.643. The van der Waals surface area contributed by atoms with E-state index in [9.17, 15) is 0 Å². The van der Waals surface area contributed by atoms with Gasteiger partial charge in [-0.25, -0.2) is 0 Å². The van der Waals surface area contributed by atoms with Gasteiger partial charge in [-0.3, -0.25) is 10.3 Å². The Balaban J connectivity index is 3.75. The molecule has 0 radical (unpaired) electrons. The molecular weight excluding hydrogens is 176 g/mol. The molecule has 0 rings (SSSR count). The second-order valence-corrected chi connectivity index (χ2v) is 3.40. The highest BCUT2D eigenvalue weighted by Gasteiger charge is 1.98. The number of guanidine groups is 1. The predicted octanol–water partition coefficient (Wildman–Crippen LogP) is 1.55. The van der Waals surface area contributed by atoms with Crippen molar-refractivity contribution in [2.75, 3.05) is 20.6 Å². The highest BCUT2D eigenvalue weighted by Crippen LogP contribution is 1.98. The van der Waals surface area contributed by atoms with E-state index >= 15 is 0 Å². The van der Waals surface area contributed by atoms with Gasteiger partial charge < -0.3 is 4.90 Å². The molecule has 0 bridgehead atoms. The largest absolute Gasteiger partial charge is 0.348 e. The lowest BCUT2D eigenvalue weighted by molar-refractivity contribution is 0.592. The molecule has 0 aliphatic rings. The zero-order valence-corrected chi connectivity index (χ0v) is 9.38. The van der Waals surface area contributed by atoms with Gasteiger partial charge in [0.15, 0.2) is 6.19 Å². The first-order chi connectivity index (χ1) is 6.72. The monoisotopic (exact) mass is 196 g/mol. The maximum atomic E-state index is 8.46. The maximum absolute atomic E-state index is 8.46. The predicted molar refractivity (Wildman–Crippen MR) is 58.9 cm³/mol. The number of hydrogen-bond donors (Lipinski definition) is 1. The molecule has 4 nitrogen and oxygen atoms in total. The zero-order valence-electron chi connectivity index (χ0n) is 9.38. The number of nitrogens with zero attached hydrogens (tertiary/aromatic N) is 3. The van der Waals surface area contributed by atoms with Crippen molar-refractivity contribution in [1.29, 1.82) is 5.26 Å². The molecule has 0 heterocycles. The number of unbranched alkanes of at least 4 members (excludes halogenated alkanes) is 3. The van der Waals surface area contributed by atoms with Crippen LogP contribution in [0, 0.1) is 11.5 Å². The normalized spacial score (nSPS) is 10.9. The summed E-state index contributed by atoms with van der Waals surface area (Å²) in [5.74, 6) is 0.643. The molecule has 0 saturated heterocycles. The molecule has 0 amide bonds. The third-order valence-electron chi connectivity index (χ3n) is 1.86. The van der Waals surface area contributed by atoms with E-state index in [-0.39, 0.29) is 0 Å². The lowest BCUT2D eigenvalue weighted by Gasteiger charge is -2.12. The molecule has 4 heteroatoms. The smallest absolute Gasteiger partial charge is 0.206 e. The van der Waals surface area contributed by atoms with E-state index < -0.39 is 0 Å². The molecule has 1 N–H and O–H groups in total. The maximum Gasteiger partial charge on any atom is 0.206 e. The lowest BCUT2D eigenvalue weighted by Crippen LogP contribution is -2.33. The number of aliphatic imine (C=N–C) groups is 1. The summed E-state index contributed by atoms with van der Waals surface area (Å²) in [4.78, 5) is 6.10. The van der Waals surface area contributed by atoms with Crippen molar-refractivity contribution in [2.45, 2.75) is 32.6 Å². The quantitative estimate of drug-likeness (QED) is 0.239. The summed E-state index contributed by atoms with van der Waals surface area (Å²) in [5.41, 5.74) is 0. The van der Waals surface area contributed by atoms with Crippen molar-refractivity contribution in [2.24, 2.45) is 4.99 Å². The first-order valence-corrected chi connectivity index (χ1v) is 5.09. The van der Waals surface area contributed by atoms with Crippen molar-refractivity contribution < 1.29 is 0 Å². The van der Waals surface area contributed by atoms with E-state index in [0.29, 0.717) is 5.96 Å². The Kier molecular flexibility index (Phi) is 7.62. The lowest BCUT2D eigenvalue weighted by atomic mass is 10.2. The van der Waals surface area contributed by atoms with Crippen LogP contribution >= 0.6 is 0 Å². The first-order valence-electron chi connectivity index (χ1n) is 5.09. The highest BCUT2D eigenvalue weighted by atomic mass is 15.3. The van der Waals surface area contributed by atoms with Crippen LogP contribution < -0.4 is 5.32 Å². The van der Waals surface area contributed by atoms with Gasteiger partial charge in [0.25, 0.3) is 0 Å². The second-order valence-electron chi connectivity index (χ2n) is 3.40. The molecule has 0 aliphatic carbocycles. The Morgan fingerprint density at radius 2 is 2.07 bits per heavy atom. The van der Waals surface area contributed by atoms with Crippen LogP contribution in [0.15, 0.2) is 4.99 Å². The van der Waals surface area contributed by atoms with Crippen molar-refractivity contribution in [3.63, 3.8) is 0 Å². The van der Waals surface area contributed by atoms with Crippen LogP contribution in [0.3, 0.4) is 0 Å². The van der Waals surface area contributed by atoms with E-state index in [1.165, 1.54) is 19.3 Å². The number of rotatable bonds is 5. The molecule has 0 saturated carbocycles. The fourth-order valence-electron chi connectivity index (χ4n) is 1.07. The molecule has 0 unspecified atom stereocenters. The molecule has 0 aromatic heterocycles. The number of hydrogen-bond acceptors (Lipinski definition) is 2. The number of nitriles is 1. The van der Waals surface area contributed by atoms with Crippen molar-refractivity contribution >= 4 is 5.96 Å². The Morgan fingerprint density at radius 1 is 1.36 bits per heavy atom. The van der Waals surface area contributed by atoms with E-state index in [2.05, 4.69) is 17.2 Å². The van der Waals surface area contributed by atoms with Crippen molar-refractivity contribution in [3.8, 4) is 6.19 Å². The van der Waals surface area contributed by atoms with Gasteiger partial charge in [0.2, 0.25) is 5.96 Å². The van der Waals surface area contributed by atoms with Gasteiger partial charge in [-0.05, 0) is 6.42 Å². The van der Waals surface area contributed by atoms with Crippen LogP contribution in [0.25, 0.3) is 0 Å². The average Bonchev–Trinajstić information content (AvgIpc) is 2.15. The molecule has 0 fully saturated rings. The van der Waals surface area contributed by atoms with E-state index in [0.717, 1.165) is 13.0 Å². The van der Waals surface area contributed by atoms with Crippen LogP contribution in [0.1, 0.15) is 32.6 Å². The van der Waals surface area contributed by atoms with Gasteiger partial charge in [0.1, 0.15) is 0 Å². The average molecular weight is 196 g/mol. The van der Waals surface area contributed by atoms with Crippen LogP contribution in [0.2, 0.25) is 0 Å². The molecule has 0 aliphatic heterocycles. The summed E-state index contributed by atoms with van der Waals surface area (Å²) in [6, 6.07) is 0. The Hall–Kier alpha value is -1.24. The third-order valence-corrected chi connectivity index (χ3v) is 1.86. The zero-order chi connectivity index (χ0) is 10.8. The van der Waals surface area contributed by atoms with Gasteiger partial charge in [0, 0.05) is 20.6 Å². The van der Waals surface area contributed by atoms with Gasteiger partial charge in [-0.1, -0.05) is 26.2 Å². The Labute approximate surface area is 86.6 Å². The van der Waals surface area contributed by atoms with E-state index in [4.69, 9.17) is 5.26 Å². The molecule has 0 aromatic rings. The molecule has 0 aromatic carbocycles. The minimum absolute atomic E-state index is 0.643. The summed E-state index contributed by atoms with van der Waals surface area (Å²) in [6.45, 7) is 2.98. The number of nitrogens with one attached hydrogen (secondary N) is 1. The van der Waals surface area contributed by atoms with Crippen molar-refractivity contribution in [1.82, 2.24) is 10.2 Å². The summed E-state index contributed by atoms with van der Waals surface area (Å²) < 4.78 is 0. The summed E-state index contributed by atoms with van der Waals surface area (Å²) in [6.07, 6.45) is 6.69. The second kappa shape index (κ2) is 8.36. The van der Waals surface area contributed by atoms with E-state index in [1.807, 2.05) is 25.2 Å². The molecule has 14 heavy (non-hydrogen) atoms. The van der Waals surface area contributed by atoms with Gasteiger partial charge in [0.05, 0.1) is 0 Å². The van der Waals surface area contributed by atoms with Crippen LogP contribution in [-0.4, -0.2) is 31.5 Å². The standard InChI is InChI=1S/C10H20N4/c1-4-5-6-7-8-12-10(13-9-11)14(2)3/h4-8H2,1-3H3,(H,12,13). The minimum Gasteiger partial charge on any atom is -0.348 e. The summed E-state index contributed by atoms with van der Waals surface area (Å²) in [7, 11) is 3.74. The molecular formula is C10H20N4. The van der Waals surface area contributed by atoms with Gasteiger partial charge >= 0.3 is 0 Å². The van der Waals surface area contributed by atoms with Crippen molar-refractivity contribution in [3.05, 3.63) is 0 Å². The Morgan fingerprint density at radius 3 is 2.57 bits per heavy atom. The fraction of sp³-hybridized carbons (Fsp3) is 0.800. The van der Waals surface area contributed by atoms with Gasteiger partial charge in [-0.15, -0.1) is 0 Å². The summed E-state index contributed by atoms with van der Waals surface area (Å²) >= 11 is 0. The van der Waals surface area contributed by atoms with Crippen LogP contribution in [0.4, 0.5) is 0 Å². The topological polar surface area (TPSA) is 51.4 Å². The fourth-order valence-corrected chi connectivity index (χ4v) is 1.07. The highest BCUT2D eigenvalue weighted by molar-refractivity contribution is 5.80. The van der Waals surface area contributed by atoms with Gasteiger partial charge in [-0.2, -0.15) is 5.26 Å².